The molecule has 2 aliphatic rings. The van der Waals surface area contributed by atoms with Crippen molar-refractivity contribution in [2.45, 2.75) is 31.8 Å². The summed E-state index contributed by atoms with van der Waals surface area (Å²) in [7, 11) is 0. The summed E-state index contributed by atoms with van der Waals surface area (Å²) in [5, 5.41) is 9.48. The molecule has 0 radical (unpaired) electrons. The highest BCUT2D eigenvalue weighted by molar-refractivity contribution is 6.40. The van der Waals surface area contributed by atoms with Crippen molar-refractivity contribution in [1.82, 2.24) is 10.2 Å². The van der Waals surface area contributed by atoms with Crippen LogP contribution in [0.25, 0.3) is 0 Å². The number of amides is 2. The van der Waals surface area contributed by atoms with Gasteiger partial charge in [-0.3, -0.25) is 14.6 Å². The molecular formula is C22H24N4O2. The molecule has 0 aliphatic carbocycles. The molecule has 1 fully saturated rings. The summed E-state index contributed by atoms with van der Waals surface area (Å²) in [6.45, 7) is 2.93. The van der Waals surface area contributed by atoms with Crippen LogP contribution in [0.3, 0.4) is 0 Å². The molecule has 0 saturated carbocycles. The SMILES string of the molecule is CCC1C(=O)NCCN1C(=O)C1=NN(c2ccccc2)C(c2ccccc2)C1. The van der Waals surface area contributed by atoms with Crippen molar-refractivity contribution in [2.24, 2.45) is 5.10 Å². The molecular weight excluding hydrogens is 352 g/mol. The molecule has 6 nitrogen and oxygen atoms in total. The third-order valence-corrected chi connectivity index (χ3v) is 5.34. The molecule has 2 heterocycles. The molecule has 0 bridgehead atoms. The maximum atomic E-state index is 13.3. The molecule has 2 aromatic carbocycles. The zero-order valence-electron chi connectivity index (χ0n) is 15.9. The second-order valence-corrected chi connectivity index (χ2v) is 7.07. The van der Waals surface area contributed by atoms with Gasteiger partial charge in [0.05, 0.1) is 11.7 Å². The molecule has 4 rings (SSSR count). The first-order valence-electron chi connectivity index (χ1n) is 9.74. The lowest BCUT2D eigenvalue weighted by Crippen LogP contribution is -2.58. The third-order valence-electron chi connectivity index (χ3n) is 5.34. The molecule has 0 aromatic heterocycles. The molecule has 28 heavy (non-hydrogen) atoms. The molecule has 2 aromatic rings. The summed E-state index contributed by atoms with van der Waals surface area (Å²) in [6.07, 6.45) is 1.11. The van der Waals surface area contributed by atoms with E-state index in [9.17, 15) is 9.59 Å². The fourth-order valence-corrected chi connectivity index (χ4v) is 3.92. The van der Waals surface area contributed by atoms with E-state index in [1.807, 2.05) is 60.5 Å². The van der Waals surface area contributed by atoms with E-state index in [0.29, 0.717) is 31.6 Å². The Hall–Kier alpha value is -3.15. The molecule has 2 atom stereocenters. The van der Waals surface area contributed by atoms with Crippen LogP contribution in [0.15, 0.2) is 65.8 Å². The zero-order valence-corrected chi connectivity index (χ0v) is 15.9. The number of para-hydroxylation sites is 1. The van der Waals surface area contributed by atoms with Crippen molar-refractivity contribution in [2.75, 3.05) is 18.1 Å². The van der Waals surface area contributed by atoms with Crippen LogP contribution in [0.4, 0.5) is 5.69 Å². The number of anilines is 1. The van der Waals surface area contributed by atoms with Gasteiger partial charge in [0.25, 0.3) is 5.91 Å². The predicted molar refractivity (Wildman–Crippen MR) is 109 cm³/mol. The fraction of sp³-hybridized carbons (Fsp3) is 0.318. The molecule has 144 valence electrons. The summed E-state index contributed by atoms with van der Waals surface area (Å²) in [5.74, 6) is -0.221. The normalized spacial score (nSPS) is 22.0. The summed E-state index contributed by atoms with van der Waals surface area (Å²) in [6, 6.07) is 19.5. The number of nitrogens with zero attached hydrogens (tertiary/aromatic N) is 3. The van der Waals surface area contributed by atoms with Gasteiger partial charge in [-0.2, -0.15) is 5.10 Å². The lowest BCUT2D eigenvalue weighted by atomic mass is 10.00. The highest BCUT2D eigenvalue weighted by Gasteiger charge is 2.38. The standard InChI is InChI=1S/C22H24N4O2/c1-2-19-21(27)23-13-14-25(19)22(28)18-15-20(16-9-5-3-6-10-16)26(24-18)17-11-7-4-8-12-17/h3-12,19-20H,2,13-15H2,1H3,(H,23,27). The number of rotatable bonds is 4. The highest BCUT2D eigenvalue weighted by atomic mass is 16.2. The third kappa shape index (κ3) is 3.38. The number of hydrazone groups is 1. The van der Waals surface area contributed by atoms with Gasteiger partial charge in [0, 0.05) is 19.5 Å². The van der Waals surface area contributed by atoms with Crippen molar-refractivity contribution >= 4 is 23.2 Å². The minimum absolute atomic E-state index is 0.0405. The summed E-state index contributed by atoms with van der Waals surface area (Å²) < 4.78 is 0. The number of carbonyl (C=O) groups excluding carboxylic acids is 2. The zero-order chi connectivity index (χ0) is 19.5. The molecule has 2 amide bonds. The van der Waals surface area contributed by atoms with Gasteiger partial charge in [-0.25, -0.2) is 0 Å². The number of carbonyl (C=O) groups is 2. The Morgan fingerprint density at radius 1 is 1.11 bits per heavy atom. The Bertz CT molecular complexity index is 882. The van der Waals surface area contributed by atoms with Crippen LogP contribution in [0.1, 0.15) is 31.4 Å². The maximum Gasteiger partial charge on any atom is 0.270 e. The van der Waals surface area contributed by atoms with Gasteiger partial charge in [-0.1, -0.05) is 55.5 Å². The van der Waals surface area contributed by atoms with Gasteiger partial charge in [0.15, 0.2) is 0 Å². The van der Waals surface area contributed by atoms with Crippen molar-refractivity contribution in [3.05, 3.63) is 66.2 Å². The van der Waals surface area contributed by atoms with Crippen LogP contribution in [0.2, 0.25) is 0 Å². The lowest BCUT2D eigenvalue weighted by molar-refractivity contribution is -0.139. The number of hydrogen-bond donors (Lipinski definition) is 1. The van der Waals surface area contributed by atoms with Crippen LogP contribution in [0.5, 0.6) is 0 Å². The van der Waals surface area contributed by atoms with Gasteiger partial charge in [0.2, 0.25) is 5.91 Å². The second-order valence-electron chi connectivity index (χ2n) is 7.07. The first kappa shape index (κ1) is 18.2. The number of hydrogen-bond acceptors (Lipinski definition) is 4. The maximum absolute atomic E-state index is 13.3. The summed E-state index contributed by atoms with van der Waals surface area (Å²) in [5.41, 5.74) is 2.56. The smallest absolute Gasteiger partial charge is 0.270 e. The Morgan fingerprint density at radius 2 is 1.79 bits per heavy atom. The predicted octanol–water partition coefficient (Wildman–Crippen LogP) is 2.73. The minimum Gasteiger partial charge on any atom is -0.353 e. The monoisotopic (exact) mass is 376 g/mol. The molecule has 2 unspecified atom stereocenters. The molecule has 6 heteroatoms. The van der Waals surface area contributed by atoms with Crippen molar-refractivity contribution in [3.63, 3.8) is 0 Å². The van der Waals surface area contributed by atoms with Gasteiger partial charge in [-0.05, 0) is 24.1 Å². The Kier molecular flexibility index (Phi) is 5.10. The first-order chi connectivity index (χ1) is 13.7. The molecule has 0 spiro atoms. The topological polar surface area (TPSA) is 65.0 Å². The van der Waals surface area contributed by atoms with E-state index in [2.05, 4.69) is 17.4 Å². The van der Waals surface area contributed by atoms with Gasteiger partial charge < -0.3 is 10.2 Å². The average molecular weight is 376 g/mol. The van der Waals surface area contributed by atoms with Crippen LogP contribution in [0, 0.1) is 0 Å². The van der Waals surface area contributed by atoms with E-state index in [-0.39, 0.29) is 17.9 Å². The van der Waals surface area contributed by atoms with Crippen LogP contribution < -0.4 is 10.3 Å². The number of nitrogens with one attached hydrogen (secondary N) is 1. The molecule has 1 saturated heterocycles. The largest absolute Gasteiger partial charge is 0.353 e. The Balaban J connectivity index is 1.66. The molecule has 1 N–H and O–H groups in total. The minimum atomic E-state index is -0.426. The van der Waals surface area contributed by atoms with E-state index < -0.39 is 6.04 Å². The number of benzene rings is 2. The van der Waals surface area contributed by atoms with E-state index in [1.54, 1.807) is 4.90 Å². The average Bonchev–Trinajstić information content (AvgIpc) is 3.20. The van der Waals surface area contributed by atoms with E-state index in [0.717, 1.165) is 11.3 Å². The van der Waals surface area contributed by atoms with Crippen LogP contribution in [-0.4, -0.2) is 41.6 Å². The van der Waals surface area contributed by atoms with E-state index >= 15 is 0 Å². The second kappa shape index (κ2) is 7.84. The van der Waals surface area contributed by atoms with E-state index in [1.165, 1.54) is 0 Å². The van der Waals surface area contributed by atoms with Crippen molar-refractivity contribution in [1.29, 1.82) is 0 Å². The number of piperazine rings is 1. The van der Waals surface area contributed by atoms with Gasteiger partial charge >= 0.3 is 0 Å². The lowest BCUT2D eigenvalue weighted by Gasteiger charge is -2.34. The van der Waals surface area contributed by atoms with Crippen molar-refractivity contribution in [3.8, 4) is 0 Å². The highest BCUT2D eigenvalue weighted by Crippen LogP contribution is 2.35. The Morgan fingerprint density at radius 3 is 2.46 bits per heavy atom. The fourth-order valence-electron chi connectivity index (χ4n) is 3.92. The molecule has 2 aliphatic heterocycles. The van der Waals surface area contributed by atoms with E-state index in [4.69, 9.17) is 5.10 Å². The summed E-state index contributed by atoms with van der Waals surface area (Å²) in [4.78, 5) is 27.1. The van der Waals surface area contributed by atoms with Gasteiger partial charge in [0.1, 0.15) is 11.8 Å². The summed E-state index contributed by atoms with van der Waals surface area (Å²) >= 11 is 0. The first-order valence-corrected chi connectivity index (χ1v) is 9.74. The quantitative estimate of drug-likeness (QED) is 0.892. The van der Waals surface area contributed by atoms with Gasteiger partial charge in [-0.15, -0.1) is 0 Å². The Labute approximate surface area is 164 Å². The van der Waals surface area contributed by atoms with Crippen LogP contribution in [-0.2, 0) is 9.59 Å². The van der Waals surface area contributed by atoms with Crippen LogP contribution >= 0.6 is 0 Å². The van der Waals surface area contributed by atoms with Crippen molar-refractivity contribution < 1.29 is 9.59 Å².